The van der Waals surface area contributed by atoms with Crippen molar-refractivity contribution in [2.24, 2.45) is 0 Å². The van der Waals surface area contributed by atoms with Crippen LogP contribution in [0.1, 0.15) is 46.8 Å². The first-order valence-corrected chi connectivity index (χ1v) is 10.5. The van der Waals surface area contributed by atoms with Gasteiger partial charge in [0.05, 0.1) is 12.1 Å². The van der Waals surface area contributed by atoms with Gasteiger partial charge >= 0.3 is 5.97 Å². The van der Waals surface area contributed by atoms with Crippen molar-refractivity contribution >= 4 is 29.2 Å². The molecule has 2 amide bonds. The number of carbonyl (C=O) groups is 3. The summed E-state index contributed by atoms with van der Waals surface area (Å²) in [5.74, 6) is -1.48. The molecule has 0 unspecified atom stereocenters. The Hall–Kier alpha value is -3.35. The van der Waals surface area contributed by atoms with Crippen LogP contribution in [0.25, 0.3) is 0 Å². The summed E-state index contributed by atoms with van der Waals surface area (Å²) >= 11 is 0. The van der Waals surface area contributed by atoms with Gasteiger partial charge in [-0.25, -0.2) is 4.79 Å². The van der Waals surface area contributed by atoms with Gasteiger partial charge in [-0.2, -0.15) is 0 Å². The lowest BCUT2D eigenvalue weighted by Gasteiger charge is -2.13. The predicted molar refractivity (Wildman–Crippen MR) is 122 cm³/mol. The number of hydrogen-bond acceptors (Lipinski definition) is 5. The SMILES string of the molecule is CCCCNc1ccccc1C(=O)OCC(=O)NCC(=O)Nc1c(C)cc(C)cc1C. The number of rotatable bonds is 10. The van der Waals surface area contributed by atoms with Gasteiger partial charge < -0.3 is 20.7 Å². The van der Waals surface area contributed by atoms with Gasteiger partial charge in [-0.1, -0.05) is 43.2 Å². The number of ether oxygens (including phenoxy) is 1. The molecule has 0 aliphatic heterocycles. The molecule has 31 heavy (non-hydrogen) atoms. The van der Waals surface area contributed by atoms with Gasteiger partial charge in [0, 0.05) is 17.9 Å². The topological polar surface area (TPSA) is 96.5 Å². The molecule has 2 rings (SSSR count). The third-order valence-corrected chi connectivity index (χ3v) is 4.71. The molecule has 0 bridgehead atoms. The summed E-state index contributed by atoms with van der Waals surface area (Å²) in [5, 5.41) is 8.49. The minimum Gasteiger partial charge on any atom is -0.452 e. The summed E-state index contributed by atoms with van der Waals surface area (Å²) in [6, 6.07) is 11.0. The van der Waals surface area contributed by atoms with Crippen LogP contribution in [0, 0.1) is 20.8 Å². The quantitative estimate of drug-likeness (QED) is 0.398. The van der Waals surface area contributed by atoms with Gasteiger partial charge in [-0.05, 0) is 50.5 Å². The molecule has 0 atom stereocenters. The lowest BCUT2D eigenvalue weighted by Crippen LogP contribution is -2.35. The first kappa shape index (κ1) is 23.9. The molecule has 2 aromatic carbocycles. The van der Waals surface area contributed by atoms with E-state index in [0.717, 1.165) is 41.8 Å². The molecule has 0 saturated heterocycles. The maximum Gasteiger partial charge on any atom is 0.340 e. The van der Waals surface area contributed by atoms with Crippen LogP contribution in [0.5, 0.6) is 0 Å². The number of para-hydroxylation sites is 1. The smallest absolute Gasteiger partial charge is 0.340 e. The molecule has 0 aromatic heterocycles. The number of amides is 2. The first-order chi connectivity index (χ1) is 14.8. The highest BCUT2D eigenvalue weighted by Crippen LogP contribution is 2.21. The Morgan fingerprint density at radius 2 is 1.65 bits per heavy atom. The zero-order chi connectivity index (χ0) is 22.8. The number of nitrogens with one attached hydrogen (secondary N) is 3. The molecule has 2 aromatic rings. The summed E-state index contributed by atoms with van der Waals surface area (Å²) < 4.78 is 5.12. The molecule has 7 nitrogen and oxygen atoms in total. The van der Waals surface area contributed by atoms with Crippen molar-refractivity contribution in [3.63, 3.8) is 0 Å². The van der Waals surface area contributed by atoms with Crippen molar-refractivity contribution in [3.8, 4) is 0 Å². The fourth-order valence-electron chi connectivity index (χ4n) is 3.21. The zero-order valence-corrected chi connectivity index (χ0v) is 18.6. The van der Waals surface area contributed by atoms with E-state index in [9.17, 15) is 14.4 Å². The van der Waals surface area contributed by atoms with E-state index in [2.05, 4.69) is 22.9 Å². The summed E-state index contributed by atoms with van der Waals surface area (Å²) in [5.41, 5.74) is 4.81. The van der Waals surface area contributed by atoms with Crippen LogP contribution in [0.15, 0.2) is 36.4 Å². The maximum atomic E-state index is 12.4. The summed E-state index contributed by atoms with van der Waals surface area (Å²) in [7, 11) is 0. The van der Waals surface area contributed by atoms with E-state index in [-0.39, 0.29) is 12.5 Å². The van der Waals surface area contributed by atoms with E-state index in [0.29, 0.717) is 11.3 Å². The average molecular weight is 426 g/mol. The average Bonchev–Trinajstić information content (AvgIpc) is 2.73. The van der Waals surface area contributed by atoms with Crippen molar-refractivity contribution in [2.75, 3.05) is 30.3 Å². The molecule has 0 spiro atoms. The highest BCUT2D eigenvalue weighted by Gasteiger charge is 2.15. The van der Waals surface area contributed by atoms with Crippen LogP contribution in [0.2, 0.25) is 0 Å². The standard InChI is InChI=1S/C24H31N3O4/c1-5-6-11-25-20-10-8-7-9-19(20)24(30)31-15-22(29)26-14-21(28)27-23-17(3)12-16(2)13-18(23)4/h7-10,12-13,25H,5-6,11,14-15H2,1-4H3,(H,26,29)(H,27,28). The number of hydrogen-bond donors (Lipinski definition) is 3. The third-order valence-electron chi connectivity index (χ3n) is 4.71. The van der Waals surface area contributed by atoms with Crippen LogP contribution in [0.4, 0.5) is 11.4 Å². The van der Waals surface area contributed by atoms with Crippen molar-refractivity contribution < 1.29 is 19.1 Å². The summed E-state index contributed by atoms with van der Waals surface area (Å²) in [6.45, 7) is 7.99. The van der Waals surface area contributed by atoms with Gasteiger partial charge in [-0.15, -0.1) is 0 Å². The third kappa shape index (κ3) is 7.44. The second-order valence-electron chi connectivity index (χ2n) is 7.50. The molecule has 0 aliphatic rings. The first-order valence-electron chi connectivity index (χ1n) is 10.5. The molecule has 166 valence electrons. The number of aryl methyl sites for hydroxylation is 3. The number of carbonyl (C=O) groups excluding carboxylic acids is 3. The van der Waals surface area contributed by atoms with Crippen molar-refractivity contribution in [3.05, 3.63) is 58.7 Å². The normalized spacial score (nSPS) is 10.3. The molecule has 0 aliphatic carbocycles. The molecule has 0 heterocycles. The Morgan fingerprint density at radius 3 is 2.32 bits per heavy atom. The molecule has 0 fully saturated rings. The second-order valence-corrected chi connectivity index (χ2v) is 7.50. The van der Waals surface area contributed by atoms with Crippen LogP contribution >= 0.6 is 0 Å². The molecule has 0 saturated carbocycles. The summed E-state index contributed by atoms with van der Waals surface area (Å²) in [6.07, 6.45) is 2.02. The number of unbranched alkanes of at least 4 members (excludes halogenated alkanes) is 1. The highest BCUT2D eigenvalue weighted by molar-refractivity contribution is 5.98. The minimum atomic E-state index is -0.592. The van der Waals surface area contributed by atoms with Crippen LogP contribution in [0.3, 0.4) is 0 Å². The second kappa shape index (κ2) is 11.7. The van der Waals surface area contributed by atoms with Crippen LogP contribution in [-0.2, 0) is 14.3 Å². The van der Waals surface area contributed by atoms with E-state index in [1.807, 2.05) is 39.0 Å². The molecular formula is C24H31N3O4. The Kier molecular flexibility index (Phi) is 9.06. The van der Waals surface area contributed by atoms with Crippen LogP contribution < -0.4 is 16.0 Å². The van der Waals surface area contributed by atoms with E-state index >= 15 is 0 Å². The number of benzene rings is 2. The molecule has 0 radical (unpaired) electrons. The van der Waals surface area contributed by atoms with Crippen molar-refractivity contribution in [1.29, 1.82) is 0 Å². The molecule has 7 heteroatoms. The zero-order valence-electron chi connectivity index (χ0n) is 18.6. The van der Waals surface area contributed by atoms with Gasteiger partial charge in [0.15, 0.2) is 6.61 Å². The Balaban J connectivity index is 1.82. The van der Waals surface area contributed by atoms with E-state index in [1.165, 1.54) is 0 Å². The van der Waals surface area contributed by atoms with Gasteiger partial charge in [0.1, 0.15) is 0 Å². The highest BCUT2D eigenvalue weighted by atomic mass is 16.5. The number of esters is 1. The maximum absolute atomic E-state index is 12.4. The summed E-state index contributed by atoms with van der Waals surface area (Å²) in [4.78, 5) is 36.6. The van der Waals surface area contributed by atoms with Gasteiger partial charge in [0.2, 0.25) is 5.91 Å². The Bertz CT molecular complexity index is 917. The van der Waals surface area contributed by atoms with Gasteiger partial charge in [0.25, 0.3) is 5.91 Å². The predicted octanol–water partition coefficient (Wildman–Crippen LogP) is 3.74. The Labute approximate surface area is 183 Å². The lowest BCUT2D eigenvalue weighted by atomic mass is 10.1. The van der Waals surface area contributed by atoms with E-state index in [1.54, 1.807) is 18.2 Å². The fourth-order valence-corrected chi connectivity index (χ4v) is 3.21. The molecular weight excluding hydrogens is 394 g/mol. The minimum absolute atomic E-state index is 0.210. The monoisotopic (exact) mass is 425 g/mol. The fraction of sp³-hybridized carbons (Fsp3) is 0.375. The van der Waals surface area contributed by atoms with E-state index in [4.69, 9.17) is 4.74 Å². The lowest BCUT2D eigenvalue weighted by molar-refractivity contribution is -0.126. The molecule has 3 N–H and O–H groups in total. The van der Waals surface area contributed by atoms with Crippen molar-refractivity contribution in [2.45, 2.75) is 40.5 Å². The number of anilines is 2. The van der Waals surface area contributed by atoms with Crippen LogP contribution in [-0.4, -0.2) is 37.5 Å². The Morgan fingerprint density at radius 1 is 0.968 bits per heavy atom. The largest absolute Gasteiger partial charge is 0.452 e. The van der Waals surface area contributed by atoms with E-state index < -0.39 is 18.5 Å². The van der Waals surface area contributed by atoms with Gasteiger partial charge in [-0.3, -0.25) is 9.59 Å². The van der Waals surface area contributed by atoms with Crippen molar-refractivity contribution in [1.82, 2.24) is 5.32 Å².